The number of carbonyl (C=O) groups is 1. The lowest BCUT2D eigenvalue weighted by Crippen LogP contribution is -2.40. The van der Waals surface area contributed by atoms with E-state index in [0.717, 1.165) is 5.69 Å². The lowest BCUT2D eigenvalue weighted by atomic mass is 10.1. The highest BCUT2D eigenvalue weighted by Gasteiger charge is 2.16. The smallest absolute Gasteiger partial charge is 0.271 e. The Kier molecular flexibility index (Phi) is 4.45. The first-order valence-corrected chi connectivity index (χ1v) is 7.24. The van der Waals surface area contributed by atoms with Crippen molar-refractivity contribution in [3.05, 3.63) is 47.4 Å². The van der Waals surface area contributed by atoms with Crippen LogP contribution in [-0.2, 0) is 0 Å². The average molecular weight is 298 g/mol. The molecule has 0 aliphatic carbocycles. The molecule has 0 saturated carbocycles. The van der Waals surface area contributed by atoms with E-state index < -0.39 is 0 Å². The number of hydrogen-bond acceptors (Lipinski definition) is 4. The number of carbonyl (C=O) groups excluding carboxylic acids is 1. The van der Waals surface area contributed by atoms with Crippen LogP contribution in [0.25, 0.3) is 0 Å². The number of aromatic nitrogens is 2. The van der Waals surface area contributed by atoms with Gasteiger partial charge in [0, 0.05) is 11.2 Å². The van der Waals surface area contributed by atoms with Crippen molar-refractivity contribution in [1.82, 2.24) is 15.3 Å². The molecule has 0 spiro atoms. The first-order chi connectivity index (χ1) is 10.3. The van der Waals surface area contributed by atoms with Crippen LogP contribution in [0.1, 0.15) is 42.4 Å². The number of anilines is 2. The SMILES string of the molecule is Cc1cccc(Nc2cnc(C(=O)NC(C)(C)C)cn2)c1C. The first-order valence-electron chi connectivity index (χ1n) is 7.24. The van der Waals surface area contributed by atoms with Crippen LogP contribution in [-0.4, -0.2) is 21.4 Å². The Balaban J connectivity index is 2.12. The molecule has 0 bridgehead atoms. The van der Waals surface area contributed by atoms with E-state index in [1.807, 2.05) is 32.9 Å². The molecule has 0 saturated heterocycles. The number of nitrogens with one attached hydrogen (secondary N) is 2. The van der Waals surface area contributed by atoms with Crippen molar-refractivity contribution in [2.45, 2.75) is 40.2 Å². The second-order valence-corrected chi connectivity index (χ2v) is 6.36. The lowest BCUT2D eigenvalue weighted by Gasteiger charge is -2.20. The maximum atomic E-state index is 12.0. The van der Waals surface area contributed by atoms with Gasteiger partial charge < -0.3 is 10.6 Å². The molecule has 22 heavy (non-hydrogen) atoms. The maximum Gasteiger partial charge on any atom is 0.271 e. The molecule has 2 N–H and O–H groups in total. The highest BCUT2D eigenvalue weighted by atomic mass is 16.2. The van der Waals surface area contributed by atoms with Gasteiger partial charge in [0.05, 0.1) is 12.4 Å². The summed E-state index contributed by atoms with van der Waals surface area (Å²) in [4.78, 5) is 20.4. The monoisotopic (exact) mass is 298 g/mol. The Morgan fingerprint density at radius 2 is 1.82 bits per heavy atom. The molecular formula is C17H22N4O. The van der Waals surface area contributed by atoms with Crippen LogP contribution < -0.4 is 10.6 Å². The first kappa shape index (κ1) is 15.9. The van der Waals surface area contributed by atoms with E-state index in [0.29, 0.717) is 11.5 Å². The van der Waals surface area contributed by atoms with E-state index in [4.69, 9.17) is 0 Å². The summed E-state index contributed by atoms with van der Waals surface area (Å²) >= 11 is 0. The minimum atomic E-state index is -0.297. The summed E-state index contributed by atoms with van der Waals surface area (Å²) in [6.45, 7) is 9.89. The summed E-state index contributed by atoms with van der Waals surface area (Å²) < 4.78 is 0. The number of nitrogens with zero attached hydrogens (tertiary/aromatic N) is 2. The van der Waals surface area contributed by atoms with Gasteiger partial charge >= 0.3 is 0 Å². The highest BCUT2D eigenvalue weighted by Crippen LogP contribution is 2.21. The molecule has 1 heterocycles. The second kappa shape index (κ2) is 6.13. The fourth-order valence-corrected chi connectivity index (χ4v) is 1.94. The number of rotatable bonds is 3. The van der Waals surface area contributed by atoms with Crippen molar-refractivity contribution in [3.8, 4) is 0 Å². The van der Waals surface area contributed by atoms with Crippen LogP contribution in [0.5, 0.6) is 0 Å². The van der Waals surface area contributed by atoms with Crippen molar-refractivity contribution in [3.63, 3.8) is 0 Å². The number of amides is 1. The fraction of sp³-hybridized carbons (Fsp3) is 0.353. The van der Waals surface area contributed by atoms with Gasteiger partial charge in [0.1, 0.15) is 11.5 Å². The number of aryl methyl sites for hydroxylation is 1. The highest BCUT2D eigenvalue weighted by molar-refractivity contribution is 5.92. The third-order valence-corrected chi connectivity index (χ3v) is 3.24. The molecule has 1 aromatic carbocycles. The summed E-state index contributed by atoms with van der Waals surface area (Å²) in [5.41, 5.74) is 3.37. The van der Waals surface area contributed by atoms with Gasteiger partial charge in [-0.1, -0.05) is 12.1 Å². The van der Waals surface area contributed by atoms with E-state index >= 15 is 0 Å². The average Bonchev–Trinajstić information content (AvgIpc) is 2.43. The van der Waals surface area contributed by atoms with Crippen LogP contribution >= 0.6 is 0 Å². The quantitative estimate of drug-likeness (QED) is 0.911. The van der Waals surface area contributed by atoms with E-state index in [1.54, 1.807) is 6.20 Å². The van der Waals surface area contributed by atoms with E-state index in [9.17, 15) is 4.79 Å². The minimum absolute atomic E-state index is 0.224. The zero-order valence-electron chi connectivity index (χ0n) is 13.7. The molecule has 0 fully saturated rings. The Hall–Kier alpha value is -2.43. The molecule has 0 atom stereocenters. The molecule has 1 amide bonds. The molecular weight excluding hydrogens is 276 g/mol. The Morgan fingerprint density at radius 3 is 2.41 bits per heavy atom. The molecule has 5 nitrogen and oxygen atoms in total. The summed E-state index contributed by atoms with van der Waals surface area (Å²) in [7, 11) is 0. The molecule has 0 unspecified atom stereocenters. The Labute approximate surface area is 131 Å². The molecule has 2 aromatic rings. The second-order valence-electron chi connectivity index (χ2n) is 6.36. The van der Waals surface area contributed by atoms with Gasteiger partial charge in [-0.15, -0.1) is 0 Å². The normalized spacial score (nSPS) is 11.1. The summed E-state index contributed by atoms with van der Waals surface area (Å²) in [6.07, 6.45) is 3.05. The van der Waals surface area contributed by atoms with Gasteiger partial charge in [-0.25, -0.2) is 9.97 Å². The van der Waals surface area contributed by atoms with Crippen LogP contribution in [0.4, 0.5) is 11.5 Å². The molecule has 5 heteroatoms. The predicted octanol–water partition coefficient (Wildman–Crippen LogP) is 3.37. The van der Waals surface area contributed by atoms with Crippen molar-refractivity contribution in [2.24, 2.45) is 0 Å². The molecule has 2 rings (SSSR count). The zero-order valence-corrected chi connectivity index (χ0v) is 13.7. The fourth-order valence-electron chi connectivity index (χ4n) is 1.94. The van der Waals surface area contributed by atoms with E-state index in [1.165, 1.54) is 17.3 Å². The molecule has 0 aliphatic heterocycles. The number of hydrogen-bond donors (Lipinski definition) is 2. The van der Waals surface area contributed by atoms with Gasteiger partial charge in [0.15, 0.2) is 0 Å². The van der Waals surface area contributed by atoms with Gasteiger partial charge in [-0.3, -0.25) is 4.79 Å². The van der Waals surface area contributed by atoms with Crippen molar-refractivity contribution < 1.29 is 4.79 Å². The predicted molar refractivity (Wildman–Crippen MR) is 88.4 cm³/mol. The van der Waals surface area contributed by atoms with Crippen LogP contribution in [0.3, 0.4) is 0 Å². The lowest BCUT2D eigenvalue weighted by molar-refractivity contribution is 0.0914. The topological polar surface area (TPSA) is 66.9 Å². The summed E-state index contributed by atoms with van der Waals surface area (Å²) in [5.74, 6) is 0.388. The van der Waals surface area contributed by atoms with Gasteiger partial charge in [0.2, 0.25) is 0 Å². The number of benzene rings is 1. The Morgan fingerprint density at radius 1 is 1.09 bits per heavy atom. The molecule has 1 aromatic heterocycles. The van der Waals surface area contributed by atoms with Gasteiger partial charge in [-0.2, -0.15) is 0 Å². The van der Waals surface area contributed by atoms with E-state index in [2.05, 4.69) is 40.5 Å². The largest absolute Gasteiger partial charge is 0.346 e. The standard InChI is InChI=1S/C17H22N4O/c1-11-7-6-8-13(12(11)2)20-15-10-18-14(9-19-15)16(22)21-17(3,4)5/h6-10H,1-5H3,(H,19,20)(H,21,22). The minimum Gasteiger partial charge on any atom is -0.346 e. The zero-order chi connectivity index (χ0) is 16.3. The molecule has 0 aliphatic rings. The van der Waals surface area contributed by atoms with Crippen LogP contribution in [0, 0.1) is 13.8 Å². The summed E-state index contributed by atoms with van der Waals surface area (Å²) in [5, 5.41) is 6.08. The summed E-state index contributed by atoms with van der Waals surface area (Å²) in [6, 6.07) is 6.04. The van der Waals surface area contributed by atoms with Crippen molar-refractivity contribution >= 4 is 17.4 Å². The van der Waals surface area contributed by atoms with E-state index in [-0.39, 0.29) is 11.4 Å². The van der Waals surface area contributed by atoms with Crippen LogP contribution in [0.2, 0.25) is 0 Å². The third-order valence-electron chi connectivity index (χ3n) is 3.24. The van der Waals surface area contributed by atoms with Crippen molar-refractivity contribution in [1.29, 1.82) is 0 Å². The molecule has 0 radical (unpaired) electrons. The van der Waals surface area contributed by atoms with Gasteiger partial charge in [-0.05, 0) is 51.8 Å². The maximum absolute atomic E-state index is 12.0. The third kappa shape index (κ3) is 4.04. The van der Waals surface area contributed by atoms with Crippen LogP contribution in [0.15, 0.2) is 30.6 Å². The van der Waals surface area contributed by atoms with Crippen molar-refractivity contribution in [2.75, 3.05) is 5.32 Å². The van der Waals surface area contributed by atoms with Gasteiger partial charge in [0.25, 0.3) is 5.91 Å². The molecule has 116 valence electrons. The Bertz CT molecular complexity index is 672.